The maximum Gasteiger partial charge on any atom is 0.176 e. The third-order valence-electron chi connectivity index (χ3n) is 5.78. The summed E-state index contributed by atoms with van der Waals surface area (Å²) < 4.78 is 0. The predicted octanol–water partition coefficient (Wildman–Crippen LogP) is 4.57. The third kappa shape index (κ3) is 1.91. The Morgan fingerprint density at radius 1 is 1.11 bits per heavy atom. The fraction of sp³-hybridized carbons (Fsp3) is 0.706. The molecule has 1 heterocycles. The standard InChI is InChI=1S/C17H22OS/c1-2-14-3-4-15(19-14)17(18)16-12-6-10-5-11(8-12)9-13(16)7-10/h3-4,10-13,16H,2,5-9H2,1H3. The summed E-state index contributed by atoms with van der Waals surface area (Å²) in [6.45, 7) is 2.17. The molecule has 1 aromatic heterocycles. The fourth-order valence-corrected chi connectivity index (χ4v) is 6.15. The summed E-state index contributed by atoms with van der Waals surface area (Å²) in [5.41, 5.74) is 0. The maximum absolute atomic E-state index is 12.9. The molecule has 4 fully saturated rings. The van der Waals surface area contributed by atoms with Gasteiger partial charge in [0.15, 0.2) is 5.78 Å². The molecule has 0 N–H and O–H groups in total. The number of rotatable bonds is 3. The van der Waals surface area contributed by atoms with Gasteiger partial charge in [-0.15, -0.1) is 11.3 Å². The highest BCUT2D eigenvalue weighted by atomic mass is 32.1. The Morgan fingerprint density at radius 3 is 2.26 bits per heavy atom. The van der Waals surface area contributed by atoms with Gasteiger partial charge < -0.3 is 0 Å². The van der Waals surface area contributed by atoms with E-state index in [0.717, 1.165) is 35.0 Å². The van der Waals surface area contributed by atoms with Crippen molar-refractivity contribution in [2.24, 2.45) is 29.6 Å². The van der Waals surface area contributed by atoms with E-state index in [-0.39, 0.29) is 0 Å². The van der Waals surface area contributed by atoms with Gasteiger partial charge in [0.2, 0.25) is 0 Å². The molecule has 0 aromatic carbocycles. The van der Waals surface area contributed by atoms with Gasteiger partial charge in [-0.2, -0.15) is 0 Å². The molecule has 5 rings (SSSR count). The monoisotopic (exact) mass is 274 g/mol. The van der Waals surface area contributed by atoms with E-state index in [1.807, 2.05) is 0 Å². The van der Waals surface area contributed by atoms with Gasteiger partial charge in [-0.1, -0.05) is 6.92 Å². The summed E-state index contributed by atoms with van der Waals surface area (Å²) in [7, 11) is 0. The van der Waals surface area contributed by atoms with Crippen molar-refractivity contribution in [2.75, 3.05) is 0 Å². The van der Waals surface area contributed by atoms with Crippen LogP contribution in [-0.2, 0) is 6.42 Å². The highest BCUT2D eigenvalue weighted by Crippen LogP contribution is 2.57. The molecule has 4 bridgehead atoms. The molecule has 0 atom stereocenters. The van der Waals surface area contributed by atoms with Gasteiger partial charge in [0.1, 0.15) is 0 Å². The lowest BCUT2D eigenvalue weighted by Gasteiger charge is -2.53. The van der Waals surface area contributed by atoms with E-state index in [2.05, 4.69) is 19.1 Å². The Bertz CT molecular complexity index is 473. The average Bonchev–Trinajstić information content (AvgIpc) is 2.86. The Hall–Kier alpha value is -0.630. The van der Waals surface area contributed by atoms with Crippen LogP contribution in [-0.4, -0.2) is 5.78 Å². The molecule has 0 spiro atoms. The van der Waals surface area contributed by atoms with E-state index in [1.165, 1.54) is 37.0 Å². The summed E-state index contributed by atoms with van der Waals surface area (Å²) in [5.74, 6) is 4.21. The minimum absolute atomic E-state index is 0.371. The molecule has 19 heavy (non-hydrogen) atoms. The van der Waals surface area contributed by atoms with Crippen LogP contribution in [0.4, 0.5) is 0 Å². The van der Waals surface area contributed by atoms with Gasteiger partial charge in [0, 0.05) is 10.8 Å². The van der Waals surface area contributed by atoms with Crippen LogP contribution in [0.25, 0.3) is 0 Å². The van der Waals surface area contributed by atoms with Crippen LogP contribution >= 0.6 is 11.3 Å². The Morgan fingerprint density at radius 2 is 1.74 bits per heavy atom. The van der Waals surface area contributed by atoms with Crippen LogP contribution in [0.3, 0.4) is 0 Å². The first-order valence-electron chi connectivity index (χ1n) is 7.87. The van der Waals surface area contributed by atoms with Crippen LogP contribution in [0.1, 0.15) is 53.6 Å². The van der Waals surface area contributed by atoms with Crippen LogP contribution in [0.15, 0.2) is 12.1 Å². The van der Waals surface area contributed by atoms with Gasteiger partial charge in [0.05, 0.1) is 4.88 Å². The van der Waals surface area contributed by atoms with Crippen molar-refractivity contribution in [3.63, 3.8) is 0 Å². The maximum atomic E-state index is 12.9. The number of carbonyl (C=O) groups excluding carboxylic acids is 1. The molecule has 0 aliphatic heterocycles. The minimum atomic E-state index is 0.371. The number of Topliss-reactive ketones (excluding diaryl/α,β-unsaturated/α-hetero) is 1. The first-order valence-corrected chi connectivity index (χ1v) is 8.69. The average molecular weight is 274 g/mol. The van der Waals surface area contributed by atoms with Crippen molar-refractivity contribution in [1.82, 2.24) is 0 Å². The van der Waals surface area contributed by atoms with Crippen LogP contribution in [0.5, 0.6) is 0 Å². The van der Waals surface area contributed by atoms with Crippen LogP contribution < -0.4 is 0 Å². The van der Waals surface area contributed by atoms with Crippen molar-refractivity contribution in [1.29, 1.82) is 0 Å². The smallest absolute Gasteiger partial charge is 0.176 e. The fourth-order valence-electron chi connectivity index (χ4n) is 5.22. The quantitative estimate of drug-likeness (QED) is 0.738. The van der Waals surface area contributed by atoms with Crippen molar-refractivity contribution in [3.05, 3.63) is 21.9 Å². The topological polar surface area (TPSA) is 17.1 Å². The summed E-state index contributed by atoms with van der Waals surface area (Å²) in [5, 5.41) is 0. The summed E-state index contributed by atoms with van der Waals surface area (Å²) in [4.78, 5) is 15.3. The molecular formula is C17H22OS. The highest BCUT2D eigenvalue weighted by molar-refractivity contribution is 7.14. The Kier molecular flexibility index (Phi) is 2.84. The molecule has 1 aromatic rings. The zero-order valence-electron chi connectivity index (χ0n) is 11.6. The molecule has 0 amide bonds. The molecule has 4 saturated carbocycles. The molecule has 4 aliphatic carbocycles. The SMILES string of the molecule is CCc1ccc(C(=O)C2C3CC4CC(C3)CC2C4)s1. The second kappa shape index (κ2) is 4.44. The van der Waals surface area contributed by atoms with E-state index in [0.29, 0.717) is 11.7 Å². The lowest BCUT2D eigenvalue weighted by Crippen LogP contribution is -2.47. The van der Waals surface area contributed by atoms with E-state index < -0.39 is 0 Å². The van der Waals surface area contributed by atoms with E-state index >= 15 is 0 Å². The van der Waals surface area contributed by atoms with Crippen molar-refractivity contribution in [3.8, 4) is 0 Å². The van der Waals surface area contributed by atoms with E-state index in [1.54, 1.807) is 11.3 Å². The number of carbonyl (C=O) groups is 1. The number of ketones is 1. The largest absolute Gasteiger partial charge is 0.293 e. The molecular weight excluding hydrogens is 252 g/mol. The molecule has 102 valence electrons. The van der Waals surface area contributed by atoms with Crippen LogP contribution in [0.2, 0.25) is 0 Å². The van der Waals surface area contributed by atoms with Gasteiger partial charge in [-0.3, -0.25) is 4.79 Å². The lowest BCUT2D eigenvalue weighted by atomic mass is 9.51. The number of thiophene rings is 1. The highest BCUT2D eigenvalue weighted by Gasteiger charge is 2.50. The second-order valence-corrected chi connectivity index (χ2v) is 8.11. The van der Waals surface area contributed by atoms with Gasteiger partial charge >= 0.3 is 0 Å². The second-order valence-electron chi connectivity index (χ2n) is 6.94. The summed E-state index contributed by atoms with van der Waals surface area (Å²) >= 11 is 1.74. The lowest BCUT2D eigenvalue weighted by molar-refractivity contribution is -0.0249. The minimum Gasteiger partial charge on any atom is -0.293 e. The molecule has 1 nitrogen and oxygen atoms in total. The Labute approximate surface area is 119 Å². The number of hydrogen-bond donors (Lipinski definition) is 0. The normalized spacial score (nSPS) is 39.7. The Balaban J connectivity index is 1.60. The zero-order chi connectivity index (χ0) is 13.0. The van der Waals surface area contributed by atoms with Gasteiger partial charge in [-0.05, 0) is 74.3 Å². The molecule has 2 heteroatoms. The van der Waals surface area contributed by atoms with Crippen molar-refractivity contribution >= 4 is 17.1 Å². The molecule has 0 saturated heterocycles. The molecule has 0 unspecified atom stereocenters. The van der Waals surface area contributed by atoms with Gasteiger partial charge in [0.25, 0.3) is 0 Å². The zero-order valence-corrected chi connectivity index (χ0v) is 12.4. The number of aryl methyl sites for hydroxylation is 1. The van der Waals surface area contributed by atoms with Gasteiger partial charge in [-0.25, -0.2) is 0 Å². The van der Waals surface area contributed by atoms with Crippen molar-refractivity contribution < 1.29 is 4.79 Å². The molecule has 0 radical (unpaired) electrons. The predicted molar refractivity (Wildman–Crippen MR) is 78.6 cm³/mol. The number of hydrogen-bond acceptors (Lipinski definition) is 2. The summed E-state index contributed by atoms with van der Waals surface area (Å²) in [6, 6.07) is 4.23. The van der Waals surface area contributed by atoms with E-state index in [4.69, 9.17) is 0 Å². The first-order chi connectivity index (χ1) is 9.24. The molecule has 4 aliphatic rings. The van der Waals surface area contributed by atoms with Crippen molar-refractivity contribution in [2.45, 2.75) is 45.4 Å². The first kappa shape index (κ1) is 12.1. The third-order valence-corrected chi connectivity index (χ3v) is 7.03. The van der Waals surface area contributed by atoms with E-state index in [9.17, 15) is 4.79 Å². The summed E-state index contributed by atoms with van der Waals surface area (Å²) in [6.07, 6.45) is 7.89. The van der Waals surface area contributed by atoms with Crippen LogP contribution in [0, 0.1) is 29.6 Å².